The first-order valence-corrected chi connectivity index (χ1v) is 14.8. The standard InChI is InChI=1S/C28H32BrN3O4S/c29-24-11-13-26(14-12-24)36-32(25-7-2-1-3-8-25)37(34,35)27-15-9-23(10-16-27)28(33)31-19-5-4-6-22-17-20-30-21-18-22/h1-3,7-16,22,30H,4-6,17-21H2,(H,31,33). The van der Waals surface area contributed by atoms with Crippen LogP contribution in [-0.4, -0.2) is 34.0 Å². The number of para-hydroxylation sites is 1. The Bertz CT molecular complexity index is 1250. The zero-order valence-corrected chi connectivity index (χ0v) is 23.0. The number of nitrogens with one attached hydrogen (secondary N) is 2. The van der Waals surface area contributed by atoms with E-state index < -0.39 is 10.0 Å². The van der Waals surface area contributed by atoms with E-state index in [1.165, 1.54) is 43.5 Å². The number of carbonyl (C=O) groups is 1. The van der Waals surface area contributed by atoms with Gasteiger partial charge in [-0.05, 0) is 98.9 Å². The second-order valence-electron chi connectivity index (χ2n) is 9.08. The molecule has 0 radical (unpaired) electrons. The zero-order chi connectivity index (χ0) is 26.1. The largest absolute Gasteiger partial charge is 0.364 e. The van der Waals surface area contributed by atoms with Crippen molar-refractivity contribution in [3.8, 4) is 5.75 Å². The number of unbranched alkanes of at least 4 members (excludes halogenated alkanes) is 1. The lowest BCUT2D eigenvalue weighted by Crippen LogP contribution is -2.34. The van der Waals surface area contributed by atoms with Crippen molar-refractivity contribution >= 4 is 37.5 Å². The number of carbonyl (C=O) groups excluding carboxylic acids is 1. The van der Waals surface area contributed by atoms with Crippen LogP contribution in [0, 0.1) is 5.92 Å². The summed E-state index contributed by atoms with van der Waals surface area (Å²) in [6.45, 7) is 2.81. The molecule has 0 atom stereocenters. The Balaban J connectivity index is 1.39. The molecule has 37 heavy (non-hydrogen) atoms. The van der Waals surface area contributed by atoms with Gasteiger partial charge in [0.15, 0.2) is 5.75 Å². The van der Waals surface area contributed by atoms with Crippen molar-refractivity contribution in [1.82, 2.24) is 10.6 Å². The lowest BCUT2D eigenvalue weighted by Gasteiger charge is -2.24. The van der Waals surface area contributed by atoms with Gasteiger partial charge in [0.05, 0.1) is 10.6 Å². The van der Waals surface area contributed by atoms with E-state index >= 15 is 0 Å². The number of amides is 1. The SMILES string of the molecule is O=C(NCCCCC1CCNCC1)c1ccc(S(=O)(=O)N(Oc2ccc(Br)cc2)c2ccccc2)cc1. The number of hydrogen-bond donors (Lipinski definition) is 2. The quantitative estimate of drug-likeness (QED) is 0.228. The number of benzene rings is 3. The molecule has 3 aromatic rings. The molecular weight excluding hydrogens is 554 g/mol. The fourth-order valence-electron chi connectivity index (χ4n) is 4.29. The fraction of sp³-hybridized carbons (Fsp3) is 0.321. The molecule has 1 amide bonds. The monoisotopic (exact) mass is 585 g/mol. The van der Waals surface area contributed by atoms with E-state index in [1.807, 2.05) is 0 Å². The summed E-state index contributed by atoms with van der Waals surface area (Å²) < 4.78 is 28.8. The smallest absolute Gasteiger partial charge is 0.295 e. The van der Waals surface area contributed by atoms with Crippen molar-refractivity contribution in [2.45, 2.75) is 37.0 Å². The third kappa shape index (κ3) is 7.56. The van der Waals surface area contributed by atoms with Gasteiger partial charge in [0.1, 0.15) is 0 Å². The molecule has 196 valence electrons. The Morgan fingerprint density at radius 1 is 0.946 bits per heavy atom. The third-order valence-corrected chi connectivity index (χ3v) is 8.50. The van der Waals surface area contributed by atoms with Crippen LogP contribution in [0.25, 0.3) is 0 Å². The second-order valence-corrected chi connectivity index (χ2v) is 11.8. The Hall–Kier alpha value is -2.88. The van der Waals surface area contributed by atoms with Crippen LogP contribution in [0.15, 0.2) is 88.2 Å². The Kier molecular flexibility index (Phi) is 9.60. The minimum Gasteiger partial charge on any atom is -0.364 e. The Morgan fingerprint density at radius 2 is 1.62 bits per heavy atom. The van der Waals surface area contributed by atoms with Crippen molar-refractivity contribution in [3.63, 3.8) is 0 Å². The molecule has 1 fully saturated rings. The van der Waals surface area contributed by atoms with Crippen LogP contribution >= 0.6 is 15.9 Å². The molecule has 0 spiro atoms. The zero-order valence-electron chi connectivity index (χ0n) is 20.6. The van der Waals surface area contributed by atoms with Gasteiger partial charge in [-0.15, -0.1) is 0 Å². The topological polar surface area (TPSA) is 87.7 Å². The van der Waals surface area contributed by atoms with E-state index in [0.29, 0.717) is 23.5 Å². The number of halogens is 1. The van der Waals surface area contributed by atoms with E-state index in [-0.39, 0.29) is 10.8 Å². The van der Waals surface area contributed by atoms with Crippen molar-refractivity contribution in [2.75, 3.05) is 24.1 Å². The first kappa shape index (κ1) is 27.2. The highest BCUT2D eigenvalue weighted by Gasteiger charge is 2.28. The van der Waals surface area contributed by atoms with Crippen molar-refractivity contribution < 1.29 is 18.0 Å². The number of nitrogens with zero attached hydrogens (tertiary/aromatic N) is 1. The average molecular weight is 587 g/mol. The number of sulfonamides is 1. The third-order valence-electron chi connectivity index (χ3n) is 6.39. The number of anilines is 1. The molecule has 7 nitrogen and oxygen atoms in total. The fourth-order valence-corrected chi connectivity index (χ4v) is 5.81. The molecule has 0 unspecified atom stereocenters. The lowest BCUT2D eigenvalue weighted by molar-refractivity contribution is 0.0952. The molecule has 0 aromatic heterocycles. The van der Waals surface area contributed by atoms with Gasteiger partial charge in [0, 0.05) is 16.6 Å². The highest BCUT2D eigenvalue weighted by Crippen LogP contribution is 2.27. The van der Waals surface area contributed by atoms with Gasteiger partial charge >= 0.3 is 0 Å². The van der Waals surface area contributed by atoms with Gasteiger partial charge in [0.2, 0.25) is 0 Å². The van der Waals surface area contributed by atoms with Gasteiger partial charge in [0.25, 0.3) is 15.9 Å². The molecule has 4 rings (SSSR count). The maximum Gasteiger partial charge on any atom is 0.295 e. The summed E-state index contributed by atoms with van der Waals surface area (Å²) in [5.41, 5.74) is 0.772. The van der Waals surface area contributed by atoms with Gasteiger partial charge in [-0.3, -0.25) is 4.79 Å². The van der Waals surface area contributed by atoms with Crippen LogP contribution in [0.1, 0.15) is 42.5 Å². The number of rotatable bonds is 11. The van der Waals surface area contributed by atoms with Crippen LogP contribution in [0.5, 0.6) is 5.75 Å². The number of piperidine rings is 1. The van der Waals surface area contributed by atoms with Crippen LogP contribution in [-0.2, 0) is 10.0 Å². The predicted molar refractivity (Wildman–Crippen MR) is 149 cm³/mol. The van der Waals surface area contributed by atoms with Crippen LogP contribution < -0.4 is 19.9 Å². The van der Waals surface area contributed by atoms with E-state index in [9.17, 15) is 13.2 Å². The minimum absolute atomic E-state index is 0.0204. The van der Waals surface area contributed by atoms with Crippen LogP contribution in [0.4, 0.5) is 5.69 Å². The molecular formula is C28H32BrN3O4S. The van der Waals surface area contributed by atoms with E-state index in [0.717, 1.165) is 40.8 Å². The second kappa shape index (κ2) is 13.1. The molecule has 1 aliphatic heterocycles. The molecule has 0 saturated carbocycles. The molecule has 2 N–H and O–H groups in total. The van der Waals surface area contributed by atoms with Crippen molar-refractivity contribution in [3.05, 3.63) is 88.9 Å². The minimum atomic E-state index is -4.08. The van der Waals surface area contributed by atoms with Gasteiger partial charge in [-0.25, -0.2) is 0 Å². The average Bonchev–Trinajstić information content (AvgIpc) is 2.93. The predicted octanol–water partition coefficient (Wildman–Crippen LogP) is 5.54. The van der Waals surface area contributed by atoms with Gasteiger partial charge < -0.3 is 15.5 Å². The van der Waals surface area contributed by atoms with Gasteiger partial charge in [-0.1, -0.05) is 51.4 Å². The van der Waals surface area contributed by atoms with Crippen molar-refractivity contribution in [1.29, 1.82) is 0 Å². The summed E-state index contributed by atoms with van der Waals surface area (Å²) in [5.74, 6) is 0.943. The molecule has 3 aromatic carbocycles. The molecule has 0 aliphatic carbocycles. The summed E-state index contributed by atoms with van der Waals surface area (Å²) in [5, 5.41) is 6.32. The Morgan fingerprint density at radius 3 is 2.30 bits per heavy atom. The van der Waals surface area contributed by atoms with E-state index in [4.69, 9.17) is 4.84 Å². The summed E-state index contributed by atoms with van der Waals surface area (Å²) >= 11 is 3.37. The van der Waals surface area contributed by atoms with Crippen molar-refractivity contribution in [2.24, 2.45) is 5.92 Å². The summed E-state index contributed by atoms with van der Waals surface area (Å²) in [6.07, 6.45) is 5.69. The highest BCUT2D eigenvalue weighted by molar-refractivity contribution is 9.10. The molecule has 9 heteroatoms. The Labute approximate surface area is 227 Å². The summed E-state index contributed by atoms with van der Waals surface area (Å²) in [7, 11) is -4.08. The maximum absolute atomic E-state index is 13.5. The first-order valence-electron chi connectivity index (χ1n) is 12.6. The van der Waals surface area contributed by atoms with Crippen LogP contribution in [0.2, 0.25) is 0 Å². The number of hydrogen-bond acceptors (Lipinski definition) is 5. The van der Waals surface area contributed by atoms with E-state index in [1.54, 1.807) is 54.6 Å². The first-order chi connectivity index (χ1) is 17.9. The molecule has 1 aliphatic rings. The normalized spacial score (nSPS) is 14.2. The molecule has 0 bridgehead atoms. The highest BCUT2D eigenvalue weighted by atomic mass is 79.9. The summed E-state index contributed by atoms with van der Waals surface area (Å²) in [6, 6.07) is 21.4. The molecule has 1 heterocycles. The summed E-state index contributed by atoms with van der Waals surface area (Å²) in [4.78, 5) is 18.4. The maximum atomic E-state index is 13.5. The van der Waals surface area contributed by atoms with E-state index in [2.05, 4.69) is 26.6 Å². The molecule has 1 saturated heterocycles. The van der Waals surface area contributed by atoms with Crippen LogP contribution in [0.3, 0.4) is 0 Å². The van der Waals surface area contributed by atoms with Gasteiger partial charge in [-0.2, -0.15) is 8.42 Å². The lowest BCUT2D eigenvalue weighted by atomic mass is 9.92.